The number of ketones is 1. The summed E-state index contributed by atoms with van der Waals surface area (Å²) in [6.45, 7) is 1.53. The Morgan fingerprint density at radius 3 is 1.90 bits per heavy atom. The van der Waals surface area contributed by atoms with Gasteiger partial charge in [0.15, 0.2) is 6.61 Å². The molecule has 0 aliphatic rings. The summed E-state index contributed by atoms with van der Waals surface area (Å²) in [4.78, 5) is 23.6. The molecule has 148 valence electrons. The molecule has 0 heterocycles. The van der Waals surface area contributed by atoms with Crippen LogP contribution < -0.4 is 10.1 Å². The molecule has 0 radical (unpaired) electrons. The number of amides is 1. The van der Waals surface area contributed by atoms with Gasteiger partial charge in [0.05, 0.1) is 6.04 Å². The van der Waals surface area contributed by atoms with E-state index in [4.69, 9.17) is 4.74 Å². The van der Waals surface area contributed by atoms with E-state index in [1.807, 2.05) is 84.9 Å². The van der Waals surface area contributed by atoms with E-state index < -0.39 is 0 Å². The van der Waals surface area contributed by atoms with Crippen molar-refractivity contribution in [2.45, 2.75) is 25.8 Å². The fourth-order valence-electron chi connectivity index (χ4n) is 3.07. The minimum atomic E-state index is -0.234. The number of Topliss-reactive ketones (excluding diaryl/α,β-unsaturated/α-hetero) is 1. The van der Waals surface area contributed by atoms with Crippen LogP contribution in [0.15, 0.2) is 84.9 Å². The number of carbonyl (C=O) groups excluding carboxylic acids is 2. The normalized spacial score (nSPS) is 10.6. The number of ether oxygens (including phenoxy) is 1. The Hall–Kier alpha value is -3.40. The lowest BCUT2D eigenvalue weighted by Crippen LogP contribution is -2.33. The molecular weight excluding hydrogens is 362 g/mol. The highest BCUT2D eigenvalue weighted by atomic mass is 16.5. The van der Waals surface area contributed by atoms with Gasteiger partial charge < -0.3 is 14.8 Å². The zero-order chi connectivity index (χ0) is 20.5. The first-order valence-electron chi connectivity index (χ1n) is 9.72. The molecule has 0 saturated heterocycles. The van der Waals surface area contributed by atoms with Crippen LogP contribution in [-0.4, -0.2) is 18.3 Å². The Morgan fingerprint density at radius 2 is 1.38 bits per heavy atom. The molecule has 3 rings (SSSR count). The van der Waals surface area contributed by atoms with Crippen LogP contribution in [0, 0.1) is 0 Å². The Labute approximate surface area is 171 Å². The Morgan fingerprint density at radius 1 is 0.828 bits per heavy atom. The Balaban J connectivity index is 1.60. The number of benzene rings is 3. The molecule has 3 aromatic rings. The van der Waals surface area contributed by atoms with Crippen molar-refractivity contribution >= 4 is 11.7 Å². The van der Waals surface area contributed by atoms with Crippen molar-refractivity contribution in [3.05, 3.63) is 102 Å². The fourth-order valence-corrected chi connectivity index (χ4v) is 3.07. The lowest BCUT2D eigenvalue weighted by molar-refractivity contribution is -0.123. The second-order valence-electron chi connectivity index (χ2n) is 6.96. The summed E-state index contributed by atoms with van der Waals surface area (Å²) in [5.74, 6) is 0.611. The minimum Gasteiger partial charge on any atom is -0.484 e. The van der Waals surface area contributed by atoms with Crippen LogP contribution in [0.3, 0.4) is 0 Å². The molecule has 1 N–H and O–H groups in total. The molecule has 0 aliphatic heterocycles. The summed E-state index contributed by atoms with van der Waals surface area (Å²) >= 11 is 0. The van der Waals surface area contributed by atoms with Gasteiger partial charge in [0, 0.05) is 6.42 Å². The molecular formula is C25H25NO3. The molecule has 0 spiro atoms. The Bertz CT molecular complexity index is 882. The Kier molecular flexibility index (Phi) is 7.17. The summed E-state index contributed by atoms with van der Waals surface area (Å²) < 4.78 is 5.64. The molecule has 1 amide bonds. The first-order valence-corrected chi connectivity index (χ1v) is 9.72. The van der Waals surface area contributed by atoms with Gasteiger partial charge in [-0.05, 0) is 42.2 Å². The smallest absolute Gasteiger partial charge is 0.258 e. The predicted octanol–water partition coefficient (Wildman–Crippen LogP) is 4.49. The number of rotatable bonds is 9. The van der Waals surface area contributed by atoms with Crippen molar-refractivity contribution in [2.75, 3.05) is 6.61 Å². The summed E-state index contributed by atoms with van der Waals surface area (Å²) in [6, 6.07) is 27.0. The third kappa shape index (κ3) is 6.32. The van der Waals surface area contributed by atoms with Crippen LogP contribution in [0.1, 0.15) is 36.1 Å². The number of hydrogen-bond donors (Lipinski definition) is 1. The van der Waals surface area contributed by atoms with E-state index in [0.29, 0.717) is 18.6 Å². The third-order valence-corrected chi connectivity index (χ3v) is 4.63. The molecule has 0 aromatic heterocycles. The second kappa shape index (κ2) is 10.2. The van der Waals surface area contributed by atoms with Crippen LogP contribution in [-0.2, 0) is 16.0 Å². The van der Waals surface area contributed by atoms with Crippen LogP contribution in [0.4, 0.5) is 0 Å². The fraction of sp³-hybridized carbons (Fsp3) is 0.200. The quantitative estimate of drug-likeness (QED) is 0.588. The van der Waals surface area contributed by atoms with Gasteiger partial charge in [-0.3, -0.25) is 4.79 Å². The molecule has 4 heteroatoms. The average molecular weight is 387 g/mol. The molecule has 0 atom stereocenters. The van der Waals surface area contributed by atoms with Gasteiger partial charge in [-0.1, -0.05) is 72.8 Å². The zero-order valence-corrected chi connectivity index (χ0v) is 16.5. The zero-order valence-electron chi connectivity index (χ0n) is 16.5. The van der Waals surface area contributed by atoms with E-state index in [2.05, 4.69) is 5.32 Å². The second-order valence-corrected chi connectivity index (χ2v) is 6.96. The maximum absolute atomic E-state index is 12.5. The molecule has 0 bridgehead atoms. The van der Waals surface area contributed by atoms with E-state index in [0.717, 1.165) is 16.7 Å². The van der Waals surface area contributed by atoms with Crippen molar-refractivity contribution < 1.29 is 14.3 Å². The summed E-state index contributed by atoms with van der Waals surface area (Å²) in [5, 5.41) is 3.06. The lowest BCUT2D eigenvalue weighted by atomic mass is 9.99. The first-order chi connectivity index (χ1) is 14.1. The molecule has 0 unspecified atom stereocenters. The molecule has 0 fully saturated rings. The van der Waals surface area contributed by atoms with Gasteiger partial charge in [-0.15, -0.1) is 0 Å². The SMILES string of the molecule is CC(=O)CCc1ccc(OCC(=O)NC(c2ccccc2)c2ccccc2)cc1. The van der Waals surface area contributed by atoms with Gasteiger partial charge in [-0.2, -0.15) is 0 Å². The predicted molar refractivity (Wildman–Crippen MR) is 114 cm³/mol. The maximum atomic E-state index is 12.5. The van der Waals surface area contributed by atoms with Crippen LogP contribution in [0.2, 0.25) is 0 Å². The van der Waals surface area contributed by atoms with E-state index in [9.17, 15) is 9.59 Å². The average Bonchev–Trinajstić information content (AvgIpc) is 2.76. The lowest BCUT2D eigenvalue weighted by Gasteiger charge is -2.20. The first kappa shape index (κ1) is 20.3. The van der Waals surface area contributed by atoms with Crippen molar-refractivity contribution in [1.29, 1.82) is 0 Å². The van der Waals surface area contributed by atoms with Gasteiger partial charge in [0.25, 0.3) is 5.91 Å². The number of hydrogen-bond acceptors (Lipinski definition) is 3. The summed E-state index contributed by atoms with van der Waals surface area (Å²) in [5.41, 5.74) is 3.11. The van der Waals surface area contributed by atoms with Gasteiger partial charge in [0.1, 0.15) is 11.5 Å². The van der Waals surface area contributed by atoms with E-state index in [1.54, 1.807) is 6.92 Å². The van der Waals surface area contributed by atoms with Crippen LogP contribution in [0.25, 0.3) is 0 Å². The number of carbonyl (C=O) groups is 2. The molecule has 3 aromatic carbocycles. The molecule has 0 aliphatic carbocycles. The molecule has 0 saturated carbocycles. The molecule has 4 nitrogen and oxygen atoms in total. The van der Waals surface area contributed by atoms with E-state index in [1.165, 1.54) is 0 Å². The topological polar surface area (TPSA) is 55.4 Å². The van der Waals surface area contributed by atoms with Crippen molar-refractivity contribution in [1.82, 2.24) is 5.32 Å². The molecule has 29 heavy (non-hydrogen) atoms. The summed E-state index contributed by atoms with van der Waals surface area (Å²) in [6.07, 6.45) is 1.24. The maximum Gasteiger partial charge on any atom is 0.258 e. The van der Waals surface area contributed by atoms with Crippen LogP contribution >= 0.6 is 0 Å². The number of aryl methyl sites for hydroxylation is 1. The highest BCUT2D eigenvalue weighted by Crippen LogP contribution is 2.21. The largest absolute Gasteiger partial charge is 0.484 e. The van der Waals surface area contributed by atoms with Gasteiger partial charge >= 0.3 is 0 Å². The highest BCUT2D eigenvalue weighted by molar-refractivity contribution is 5.78. The van der Waals surface area contributed by atoms with E-state index in [-0.39, 0.29) is 24.3 Å². The van der Waals surface area contributed by atoms with Crippen molar-refractivity contribution in [3.8, 4) is 5.75 Å². The van der Waals surface area contributed by atoms with Crippen LogP contribution in [0.5, 0.6) is 5.75 Å². The van der Waals surface area contributed by atoms with Crippen molar-refractivity contribution in [2.24, 2.45) is 0 Å². The third-order valence-electron chi connectivity index (χ3n) is 4.63. The van der Waals surface area contributed by atoms with E-state index >= 15 is 0 Å². The monoisotopic (exact) mass is 387 g/mol. The van der Waals surface area contributed by atoms with Gasteiger partial charge in [0.2, 0.25) is 0 Å². The highest BCUT2D eigenvalue weighted by Gasteiger charge is 2.16. The number of nitrogens with one attached hydrogen (secondary N) is 1. The van der Waals surface area contributed by atoms with Crippen molar-refractivity contribution in [3.63, 3.8) is 0 Å². The summed E-state index contributed by atoms with van der Waals surface area (Å²) in [7, 11) is 0. The minimum absolute atomic E-state index is 0.0665. The van der Waals surface area contributed by atoms with Gasteiger partial charge in [-0.25, -0.2) is 0 Å². The standard InChI is InChI=1S/C25H25NO3/c1-19(27)12-13-20-14-16-23(17-15-20)29-18-24(28)26-25(21-8-4-2-5-9-21)22-10-6-3-7-11-22/h2-11,14-17,25H,12-13,18H2,1H3,(H,26,28).